The Morgan fingerprint density at radius 1 is 1.12 bits per heavy atom. The largest absolute Gasteiger partial charge is 0.480 e. The number of carboxylic acids is 1. The Kier molecular flexibility index (Phi) is 4.26. The number of carboxylic acid groups (broad SMARTS) is 1. The van der Waals surface area contributed by atoms with Gasteiger partial charge in [0.2, 0.25) is 0 Å². The average Bonchev–Trinajstić information content (AvgIpc) is 3.27. The van der Waals surface area contributed by atoms with Crippen LogP contribution in [0.5, 0.6) is 0 Å². The second-order valence-electron chi connectivity index (χ2n) is 7.22. The highest BCUT2D eigenvalue weighted by Crippen LogP contribution is 2.29. The van der Waals surface area contributed by atoms with Crippen LogP contribution >= 0.6 is 0 Å². The summed E-state index contributed by atoms with van der Waals surface area (Å²) < 4.78 is 1.88. The van der Waals surface area contributed by atoms with Crippen LogP contribution in [-0.4, -0.2) is 44.3 Å². The number of benzene rings is 1. The molecule has 2 aliphatic rings. The van der Waals surface area contributed by atoms with E-state index < -0.39 is 12.0 Å². The van der Waals surface area contributed by atoms with Gasteiger partial charge < -0.3 is 10.0 Å². The van der Waals surface area contributed by atoms with Gasteiger partial charge in [-0.25, -0.2) is 9.48 Å². The molecule has 1 fully saturated rings. The zero-order chi connectivity index (χ0) is 18.3. The van der Waals surface area contributed by atoms with Gasteiger partial charge in [-0.05, 0) is 57.6 Å². The van der Waals surface area contributed by atoms with E-state index in [4.69, 9.17) is 0 Å². The molecule has 1 aliphatic heterocycles. The fraction of sp³-hybridized carbons (Fsp3) is 0.450. The molecule has 1 aliphatic carbocycles. The summed E-state index contributed by atoms with van der Waals surface area (Å²) in [6.07, 6.45) is 5.08. The minimum Gasteiger partial charge on any atom is -0.480 e. The molecule has 0 spiro atoms. The first kappa shape index (κ1) is 16.8. The fourth-order valence-corrected chi connectivity index (χ4v) is 4.07. The van der Waals surface area contributed by atoms with Gasteiger partial charge in [0.1, 0.15) is 6.04 Å². The highest BCUT2D eigenvalue weighted by Gasteiger charge is 2.37. The molecule has 1 N–H and O–H groups in total. The van der Waals surface area contributed by atoms with Gasteiger partial charge >= 0.3 is 5.97 Å². The van der Waals surface area contributed by atoms with Gasteiger partial charge in [-0.1, -0.05) is 17.7 Å². The van der Waals surface area contributed by atoms with Crippen molar-refractivity contribution in [2.45, 2.75) is 51.5 Å². The minimum atomic E-state index is -0.928. The molecule has 0 saturated carbocycles. The van der Waals surface area contributed by atoms with Crippen LogP contribution in [-0.2, 0) is 17.6 Å². The molecular formula is C20H23N3O3. The Morgan fingerprint density at radius 2 is 1.85 bits per heavy atom. The van der Waals surface area contributed by atoms with Crippen LogP contribution < -0.4 is 0 Å². The Morgan fingerprint density at radius 3 is 2.58 bits per heavy atom. The molecule has 0 bridgehead atoms. The summed E-state index contributed by atoms with van der Waals surface area (Å²) in [4.78, 5) is 26.1. The predicted molar refractivity (Wildman–Crippen MR) is 96.6 cm³/mol. The lowest BCUT2D eigenvalue weighted by Crippen LogP contribution is -2.41. The average molecular weight is 353 g/mol. The molecule has 0 unspecified atom stereocenters. The molecule has 6 nitrogen and oxygen atoms in total. The third kappa shape index (κ3) is 2.79. The van der Waals surface area contributed by atoms with E-state index in [1.54, 1.807) is 0 Å². The van der Waals surface area contributed by atoms with E-state index in [0.717, 1.165) is 49.0 Å². The number of likely N-dealkylation sites (tertiary alicyclic amines) is 1. The molecule has 1 saturated heterocycles. The number of carbonyl (C=O) groups excluding carboxylic acids is 1. The summed E-state index contributed by atoms with van der Waals surface area (Å²) >= 11 is 0. The Labute approximate surface area is 152 Å². The van der Waals surface area contributed by atoms with E-state index >= 15 is 0 Å². The molecule has 2 heterocycles. The van der Waals surface area contributed by atoms with Crippen LogP contribution in [0.2, 0.25) is 0 Å². The first-order chi connectivity index (χ1) is 12.6. The highest BCUT2D eigenvalue weighted by molar-refractivity contribution is 5.97. The van der Waals surface area contributed by atoms with Crippen molar-refractivity contribution >= 4 is 11.9 Å². The summed E-state index contributed by atoms with van der Waals surface area (Å²) in [5.41, 5.74) is 4.65. The number of fused-ring (bicyclic) bond motifs is 1. The van der Waals surface area contributed by atoms with Gasteiger partial charge in [0, 0.05) is 17.8 Å². The Bertz CT molecular complexity index is 854. The summed E-state index contributed by atoms with van der Waals surface area (Å²) in [6, 6.07) is 7.37. The first-order valence-corrected chi connectivity index (χ1v) is 9.28. The van der Waals surface area contributed by atoms with Crippen molar-refractivity contribution in [2.24, 2.45) is 0 Å². The predicted octanol–water partition coefficient (Wildman–Crippen LogP) is 2.75. The van der Waals surface area contributed by atoms with Crippen molar-refractivity contribution in [3.05, 3.63) is 46.8 Å². The number of hydrogen-bond acceptors (Lipinski definition) is 3. The molecule has 136 valence electrons. The highest BCUT2D eigenvalue weighted by atomic mass is 16.4. The van der Waals surface area contributed by atoms with Gasteiger partial charge in [0.25, 0.3) is 5.91 Å². The number of aliphatic carboxylic acids is 1. The fourth-order valence-electron chi connectivity index (χ4n) is 4.07. The Balaban J connectivity index is 1.76. The lowest BCUT2D eigenvalue weighted by Gasteiger charge is -2.21. The molecule has 1 aromatic carbocycles. The molecule has 6 heteroatoms. The zero-order valence-electron chi connectivity index (χ0n) is 14.9. The van der Waals surface area contributed by atoms with E-state index in [1.807, 2.05) is 35.9 Å². The molecule has 4 rings (SSSR count). The lowest BCUT2D eigenvalue weighted by molar-refractivity contribution is -0.141. The van der Waals surface area contributed by atoms with Crippen molar-refractivity contribution in [1.82, 2.24) is 14.7 Å². The number of hydrogen-bond donors (Lipinski definition) is 1. The minimum absolute atomic E-state index is 0.237. The number of aromatic nitrogens is 2. The van der Waals surface area contributed by atoms with Crippen molar-refractivity contribution < 1.29 is 14.7 Å². The summed E-state index contributed by atoms with van der Waals surface area (Å²) in [5.74, 6) is -1.17. The van der Waals surface area contributed by atoms with Gasteiger partial charge in [0.05, 0.1) is 5.69 Å². The van der Waals surface area contributed by atoms with Crippen LogP contribution in [0.25, 0.3) is 5.69 Å². The Hall–Kier alpha value is -2.63. The SMILES string of the molecule is Cc1ccc(-n2nc(C(=O)N3CCC[C@@H]3C(=O)O)c3c2CCCC3)cc1. The second-order valence-corrected chi connectivity index (χ2v) is 7.22. The van der Waals surface area contributed by atoms with E-state index in [9.17, 15) is 14.7 Å². The van der Waals surface area contributed by atoms with Crippen molar-refractivity contribution in [2.75, 3.05) is 6.54 Å². The maximum atomic E-state index is 13.1. The third-order valence-corrected chi connectivity index (χ3v) is 5.46. The quantitative estimate of drug-likeness (QED) is 0.921. The molecular weight excluding hydrogens is 330 g/mol. The van der Waals surface area contributed by atoms with Crippen LogP contribution in [0.15, 0.2) is 24.3 Å². The van der Waals surface area contributed by atoms with Gasteiger partial charge in [-0.3, -0.25) is 4.79 Å². The molecule has 1 amide bonds. The number of carbonyl (C=O) groups is 2. The van der Waals surface area contributed by atoms with E-state index in [2.05, 4.69) is 5.10 Å². The smallest absolute Gasteiger partial charge is 0.326 e. The standard InChI is InChI=1S/C20H23N3O3/c1-13-8-10-14(11-9-13)23-16-6-3-2-5-15(16)18(21-23)19(24)22-12-4-7-17(22)20(25)26/h8-11,17H,2-7,12H2,1H3,(H,25,26)/t17-/m1/s1. The molecule has 26 heavy (non-hydrogen) atoms. The zero-order valence-corrected chi connectivity index (χ0v) is 14.9. The molecule has 2 aromatic rings. The van der Waals surface area contributed by atoms with Gasteiger partial charge in [-0.15, -0.1) is 0 Å². The van der Waals surface area contributed by atoms with Crippen molar-refractivity contribution in [1.29, 1.82) is 0 Å². The summed E-state index contributed by atoms with van der Waals surface area (Å²) in [7, 11) is 0. The number of amides is 1. The number of rotatable bonds is 3. The third-order valence-electron chi connectivity index (χ3n) is 5.46. The van der Waals surface area contributed by atoms with Crippen molar-refractivity contribution in [3.63, 3.8) is 0 Å². The number of aryl methyl sites for hydroxylation is 1. The molecule has 1 aromatic heterocycles. The van der Waals surface area contributed by atoms with Gasteiger partial charge in [0.15, 0.2) is 5.69 Å². The van der Waals surface area contributed by atoms with Crippen LogP contribution in [0, 0.1) is 6.92 Å². The van der Waals surface area contributed by atoms with Crippen LogP contribution in [0.4, 0.5) is 0 Å². The van der Waals surface area contributed by atoms with Crippen molar-refractivity contribution in [3.8, 4) is 5.69 Å². The normalized spacial score (nSPS) is 19.4. The lowest BCUT2D eigenvalue weighted by atomic mass is 9.95. The summed E-state index contributed by atoms with van der Waals surface area (Å²) in [5, 5.41) is 14.1. The van der Waals surface area contributed by atoms with E-state index in [-0.39, 0.29) is 5.91 Å². The van der Waals surface area contributed by atoms with E-state index in [1.165, 1.54) is 10.5 Å². The maximum absolute atomic E-state index is 13.1. The van der Waals surface area contributed by atoms with E-state index in [0.29, 0.717) is 18.7 Å². The number of nitrogens with zero attached hydrogens (tertiary/aromatic N) is 3. The topological polar surface area (TPSA) is 75.4 Å². The monoisotopic (exact) mass is 353 g/mol. The molecule has 1 atom stereocenters. The summed E-state index contributed by atoms with van der Waals surface area (Å²) in [6.45, 7) is 2.53. The first-order valence-electron chi connectivity index (χ1n) is 9.28. The second kappa shape index (κ2) is 6.59. The maximum Gasteiger partial charge on any atom is 0.326 e. The van der Waals surface area contributed by atoms with Gasteiger partial charge in [-0.2, -0.15) is 5.10 Å². The molecule has 0 radical (unpaired) electrons. The van der Waals surface area contributed by atoms with Crippen LogP contribution in [0.1, 0.15) is 53.0 Å². The van der Waals surface area contributed by atoms with Crippen LogP contribution in [0.3, 0.4) is 0 Å².